The number of carbonyl (C=O) groups is 1. The highest BCUT2D eigenvalue weighted by Gasteiger charge is 2.09. The Morgan fingerprint density at radius 2 is 2.09 bits per heavy atom. The van der Waals surface area contributed by atoms with Crippen LogP contribution in [0.15, 0.2) is 48.0 Å². The van der Waals surface area contributed by atoms with Crippen molar-refractivity contribution in [2.45, 2.75) is 13.3 Å². The summed E-state index contributed by atoms with van der Waals surface area (Å²) in [6, 6.07) is 11.9. The molecule has 0 aliphatic carbocycles. The monoisotopic (exact) mass is 311 g/mol. The molecule has 1 amide bonds. The Balaban J connectivity index is 1.56. The SMILES string of the molecule is Cc1[nH]ccc1C(=O)NCCc1csc(-c2ccccc2)n1. The number of aromatic nitrogens is 2. The van der Waals surface area contributed by atoms with Crippen molar-refractivity contribution in [3.63, 3.8) is 0 Å². The number of hydrogen-bond donors (Lipinski definition) is 2. The molecule has 2 aromatic heterocycles. The molecule has 0 fully saturated rings. The number of hydrogen-bond acceptors (Lipinski definition) is 3. The molecule has 0 aliphatic rings. The summed E-state index contributed by atoms with van der Waals surface area (Å²) in [6.07, 6.45) is 2.51. The first-order valence-corrected chi connectivity index (χ1v) is 8.04. The molecule has 1 aromatic carbocycles. The number of carbonyl (C=O) groups excluding carboxylic acids is 1. The minimum atomic E-state index is -0.0442. The van der Waals surface area contributed by atoms with E-state index in [9.17, 15) is 4.79 Å². The minimum absolute atomic E-state index is 0.0442. The van der Waals surface area contributed by atoms with Gasteiger partial charge in [0.15, 0.2) is 0 Å². The highest BCUT2D eigenvalue weighted by molar-refractivity contribution is 7.13. The van der Waals surface area contributed by atoms with Gasteiger partial charge in [0.05, 0.1) is 11.3 Å². The van der Waals surface area contributed by atoms with Crippen molar-refractivity contribution in [2.24, 2.45) is 0 Å². The van der Waals surface area contributed by atoms with E-state index in [0.717, 1.165) is 28.4 Å². The molecule has 0 aliphatic heterocycles. The van der Waals surface area contributed by atoms with Crippen LogP contribution in [0, 0.1) is 6.92 Å². The molecule has 22 heavy (non-hydrogen) atoms. The maximum absolute atomic E-state index is 12.0. The molecule has 0 radical (unpaired) electrons. The number of aryl methyl sites for hydroxylation is 1. The van der Waals surface area contributed by atoms with Crippen LogP contribution in [0.2, 0.25) is 0 Å². The van der Waals surface area contributed by atoms with E-state index in [1.807, 2.05) is 25.1 Å². The van der Waals surface area contributed by atoms with Crippen LogP contribution in [0.3, 0.4) is 0 Å². The lowest BCUT2D eigenvalue weighted by Gasteiger charge is -2.03. The molecule has 0 spiro atoms. The van der Waals surface area contributed by atoms with Gasteiger partial charge in [-0.05, 0) is 13.0 Å². The number of H-pyrrole nitrogens is 1. The Hall–Kier alpha value is -2.40. The number of thiazole rings is 1. The molecule has 2 N–H and O–H groups in total. The Labute approximate surface area is 133 Å². The van der Waals surface area contributed by atoms with Crippen LogP contribution in [0.5, 0.6) is 0 Å². The molecule has 2 heterocycles. The van der Waals surface area contributed by atoms with Crippen LogP contribution in [-0.2, 0) is 6.42 Å². The van der Waals surface area contributed by atoms with Crippen LogP contribution in [0.1, 0.15) is 21.7 Å². The first kappa shape index (κ1) is 14.5. The van der Waals surface area contributed by atoms with Crippen LogP contribution in [-0.4, -0.2) is 22.4 Å². The van der Waals surface area contributed by atoms with Gasteiger partial charge in [-0.3, -0.25) is 4.79 Å². The van der Waals surface area contributed by atoms with Crippen molar-refractivity contribution >= 4 is 17.2 Å². The van der Waals surface area contributed by atoms with Crippen molar-refractivity contribution < 1.29 is 4.79 Å². The molecule has 0 atom stereocenters. The maximum Gasteiger partial charge on any atom is 0.253 e. The van der Waals surface area contributed by atoms with Gasteiger partial charge in [0.1, 0.15) is 5.01 Å². The molecular weight excluding hydrogens is 294 g/mol. The van der Waals surface area contributed by atoms with Gasteiger partial charge in [-0.15, -0.1) is 11.3 Å². The molecule has 5 heteroatoms. The fourth-order valence-electron chi connectivity index (χ4n) is 2.23. The smallest absolute Gasteiger partial charge is 0.253 e. The van der Waals surface area contributed by atoms with Crippen molar-refractivity contribution in [3.8, 4) is 10.6 Å². The average Bonchev–Trinajstić information content (AvgIpc) is 3.17. The summed E-state index contributed by atoms with van der Waals surface area (Å²) >= 11 is 1.63. The van der Waals surface area contributed by atoms with Crippen LogP contribution < -0.4 is 5.32 Å². The van der Waals surface area contributed by atoms with Crippen molar-refractivity contribution in [2.75, 3.05) is 6.54 Å². The molecule has 112 valence electrons. The summed E-state index contributed by atoms with van der Waals surface area (Å²) < 4.78 is 0. The number of nitrogens with one attached hydrogen (secondary N) is 2. The molecule has 3 rings (SSSR count). The molecule has 0 unspecified atom stereocenters. The minimum Gasteiger partial charge on any atom is -0.365 e. The lowest BCUT2D eigenvalue weighted by atomic mass is 10.2. The van der Waals surface area contributed by atoms with E-state index in [2.05, 4.69) is 32.8 Å². The summed E-state index contributed by atoms with van der Waals surface area (Å²) in [4.78, 5) is 19.6. The summed E-state index contributed by atoms with van der Waals surface area (Å²) in [5.41, 5.74) is 3.72. The van der Waals surface area contributed by atoms with Crippen LogP contribution in [0.4, 0.5) is 0 Å². The number of aromatic amines is 1. The molecule has 0 saturated heterocycles. The van der Waals surface area contributed by atoms with E-state index in [1.54, 1.807) is 23.6 Å². The Kier molecular flexibility index (Phi) is 4.34. The molecule has 4 nitrogen and oxygen atoms in total. The zero-order valence-corrected chi connectivity index (χ0v) is 13.1. The van der Waals surface area contributed by atoms with Gasteiger partial charge >= 0.3 is 0 Å². The van der Waals surface area contributed by atoms with E-state index >= 15 is 0 Å². The van der Waals surface area contributed by atoms with Crippen LogP contribution >= 0.6 is 11.3 Å². The lowest BCUT2D eigenvalue weighted by Crippen LogP contribution is -2.26. The van der Waals surface area contributed by atoms with Crippen molar-refractivity contribution in [1.82, 2.24) is 15.3 Å². The number of benzene rings is 1. The highest BCUT2D eigenvalue weighted by Crippen LogP contribution is 2.23. The second kappa shape index (κ2) is 6.58. The first-order chi connectivity index (χ1) is 10.7. The fourth-order valence-corrected chi connectivity index (χ4v) is 3.09. The second-order valence-corrected chi connectivity index (χ2v) is 5.89. The summed E-state index contributed by atoms with van der Waals surface area (Å²) in [7, 11) is 0. The third-order valence-electron chi connectivity index (χ3n) is 3.44. The number of rotatable bonds is 5. The Bertz CT molecular complexity index is 761. The topological polar surface area (TPSA) is 57.8 Å². The van der Waals surface area contributed by atoms with E-state index < -0.39 is 0 Å². The molecular formula is C17H17N3OS. The third-order valence-corrected chi connectivity index (χ3v) is 4.38. The van der Waals surface area contributed by atoms with Gasteiger partial charge in [0, 0.05) is 35.8 Å². The van der Waals surface area contributed by atoms with Gasteiger partial charge in [-0.2, -0.15) is 0 Å². The first-order valence-electron chi connectivity index (χ1n) is 7.16. The quantitative estimate of drug-likeness (QED) is 0.758. The highest BCUT2D eigenvalue weighted by atomic mass is 32.1. The summed E-state index contributed by atoms with van der Waals surface area (Å²) in [5, 5.41) is 6.00. The fraction of sp³-hybridized carbons (Fsp3) is 0.176. The van der Waals surface area contributed by atoms with Crippen LogP contribution in [0.25, 0.3) is 10.6 Å². The number of amides is 1. The predicted molar refractivity (Wildman–Crippen MR) is 89.1 cm³/mol. The summed E-state index contributed by atoms with van der Waals surface area (Å²) in [5.74, 6) is -0.0442. The van der Waals surface area contributed by atoms with E-state index in [-0.39, 0.29) is 5.91 Å². The van der Waals surface area contributed by atoms with E-state index in [1.165, 1.54) is 0 Å². The normalized spacial score (nSPS) is 10.6. The second-order valence-electron chi connectivity index (χ2n) is 5.03. The molecule has 0 bridgehead atoms. The summed E-state index contributed by atoms with van der Waals surface area (Å²) in [6.45, 7) is 2.48. The zero-order valence-electron chi connectivity index (χ0n) is 12.3. The van der Waals surface area contributed by atoms with Gasteiger partial charge in [-0.1, -0.05) is 30.3 Å². The van der Waals surface area contributed by atoms with Gasteiger partial charge in [0.25, 0.3) is 5.91 Å². The van der Waals surface area contributed by atoms with Gasteiger partial charge in [0.2, 0.25) is 0 Å². The molecule has 3 aromatic rings. The van der Waals surface area contributed by atoms with Crippen molar-refractivity contribution in [3.05, 3.63) is 64.9 Å². The standard InChI is InChI=1S/C17H17N3OS/c1-12-15(8-10-18-12)16(21)19-9-7-14-11-22-17(20-14)13-5-3-2-4-6-13/h2-6,8,10-11,18H,7,9H2,1H3,(H,19,21). The Morgan fingerprint density at radius 1 is 1.27 bits per heavy atom. The van der Waals surface area contributed by atoms with E-state index in [4.69, 9.17) is 0 Å². The largest absolute Gasteiger partial charge is 0.365 e. The van der Waals surface area contributed by atoms with Gasteiger partial charge in [-0.25, -0.2) is 4.98 Å². The van der Waals surface area contributed by atoms with E-state index in [0.29, 0.717) is 12.1 Å². The molecule has 0 saturated carbocycles. The number of nitrogens with zero attached hydrogens (tertiary/aromatic N) is 1. The van der Waals surface area contributed by atoms with Gasteiger partial charge < -0.3 is 10.3 Å². The average molecular weight is 311 g/mol. The maximum atomic E-state index is 12.0. The predicted octanol–water partition coefficient (Wildman–Crippen LogP) is 3.42. The van der Waals surface area contributed by atoms with Crippen molar-refractivity contribution in [1.29, 1.82) is 0 Å². The lowest BCUT2D eigenvalue weighted by molar-refractivity contribution is 0.0953. The third kappa shape index (κ3) is 3.26. The Morgan fingerprint density at radius 3 is 2.82 bits per heavy atom. The zero-order chi connectivity index (χ0) is 15.4.